The molecule has 0 aromatic heterocycles. The minimum atomic E-state index is 0.593. The van der Waals surface area contributed by atoms with Crippen LogP contribution in [0.2, 0.25) is 0 Å². The van der Waals surface area contributed by atoms with Crippen molar-refractivity contribution in [1.29, 1.82) is 0 Å². The Kier molecular flexibility index (Phi) is 1.91. The molecule has 2 aliphatic heterocycles. The van der Waals surface area contributed by atoms with Crippen molar-refractivity contribution in [1.82, 2.24) is 5.32 Å². The van der Waals surface area contributed by atoms with Crippen molar-refractivity contribution in [3.63, 3.8) is 0 Å². The van der Waals surface area contributed by atoms with Crippen molar-refractivity contribution in [3.8, 4) is 0 Å². The van der Waals surface area contributed by atoms with E-state index in [-0.39, 0.29) is 0 Å². The normalized spacial score (nSPS) is 40.8. The van der Waals surface area contributed by atoms with Gasteiger partial charge in [-0.15, -0.1) is 0 Å². The molecule has 2 rings (SSSR count). The standard InChI is InChI=1S/C8H15NO/c1-2-8-7(3-5-10-8)6-9-4-1/h7-9H,1-6H2/t7-,8+/m0/s1. The largest absolute Gasteiger partial charge is 0.378 e. The Bertz CT molecular complexity index is 104. The summed E-state index contributed by atoms with van der Waals surface area (Å²) in [6, 6.07) is 0. The number of rotatable bonds is 0. The Labute approximate surface area is 61.9 Å². The monoisotopic (exact) mass is 141 g/mol. The van der Waals surface area contributed by atoms with E-state index >= 15 is 0 Å². The molecule has 0 radical (unpaired) electrons. The van der Waals surface area contributed by atoms with E-state index in [1.165, 1.54) is 32.4 Å². The van der Waals surface area contributed by atoms with E-state index < -0.39 is 0 Å². The molecule has 10 heavy (non-hydrogen) atoms. The van der Waals surface area contributed by atoms with Crippen LogP contribution in [0.5, 0.6) is 0 Å². The molecule has 2 saturated heterocycles. The molecule has 2 heterocycles. The van der Waals surface area contributed by atoms with Gasteiger partial charge >= 0.3 is 0 Å². The van der Waals surface area contributed by atoms with E-state index in [9.17, 15) is 0 Å². The summed E-state index contributed by atoms with van der Waals surface area (Å²) in [4.78, 5) is 0. The SMILES string of the molecule is C1CNC[C@@H]2CCO[C@@H]2C1. The first kappa shape index (κ1) is 6.62. The number of nitrogens with one attached hydrogen (secondary N) is 1. The average Bonchev–Trinajstić information content (AvgIpc) is 2.28. The number of hydrogen-bond acceptors (Lipinski definition) is 2. The predicted octanol–water partition coefficient (Wildman–Crippen LogP) is 0.775. The van der Waals surface area contributed by atoms with Crippen LogP contribution in [0.4, 0.5) is 0 Å². The molecule has 0 aromatic carbocycles. The van der Waals surface area contributed by atoms with Gasteiger partial charge in [-0.3, -0.25) is 0 Å². The van der Waals surface area contributed by atoms with Crippen LogP contribution in [0.3, 0.4) is 0 Å². The predicted molar refractivity (Wildman–Crippen MR) is 40.0 cm³/mol. The van der Waals surface area contributed by atoms with Crippen molar-refractivity contribution >= 4 is 0 Å². The summed E-state index contributed by atoms with van der Waals surface area (Å²) in [5.41, 5.74) is 0. The summed E-state index contributed by atoms with van der Waals surface area (Å²) < 4.78 is 5.60. The third-order valence-electron chi connectivity index (χ3n) is 2.60. The van der Waals surface area contributed by atoms with E-state index in [1.54, 1.807) is 0 Å². The summed E-state index contributed by atoms with van der Waals surface area (Å²) >= 11 is 0. The zero-order chi connectivity index (χ0) is 6.81. The summed E-state index contributed by atoms with van der Waals surface area (Å²) in [5.74, 6) is 0.822. The Morgan fingerprint density at radius 2 is 2.30 bits per heavy atom. The molecule has 0 spiro atoms. The highest BCUT2D eigenvalue weighted by Crippen LogP contribution is 2.25. The van der Waals surface area contributed by atoms with Gasteiger partial charge in [-0.2, -0.15) is 0 Å². The molecule has 0 bridgehead atoms. The molecule has 2 nitrogen and oxygen atoms in total. The molecule has 1 N–H and O–H groups in total. The minimum Gasteiger partial charge on any atom is -0.378 e. The lowest BCUT2D eigenvalue weighted by molar-refractivity contribution is 0.0877. The second-order valence-corrected chi connectivity index (χ2v) is 3.30. The lowest BCUT2D eigenvalue weighted by Crippen LogP contribution is -2.24. The molecule has 0 unspecified atom stereocenters. The van der Waals surface area contributed by atoms with Gasteiger partial charge in [-0.25, -0.2) is 0 Å². The maximum atomic E-state index is 5.60. The molecule has 0 saturated carbocycles. The van der Waals surface area contributed by atoms with Gasteiger partial charge < -0.3 is 10.1 Å². The maximum Gasteiger partial charge on any atom is 0.0616 e. The van der Waals surface area contributed by atoms with Crippen molar-refractivity contribution in [2.45, 2.75) is 25.4 Å². The third-order valence-corrected chi connectivity index (χ3v) is 2.60. The maximum absolute atomic E-state index is 5.60. The van der Waals surface area contributed by atoms with Gasteiger partial charge in [0.15, 0.2) is 0 Å². The van der Waals surface area contributed by atoms with Crippen molar-refractivity contribution in [2.75, 3.05) is 19.7 Å². The Hall–Kier alpha value is -0.0800. The van der Waals surface area contributed by atoms with Crippen LogP contribution in [-0.2, 0) is 4.74 Å². The highest BCUT2D eigenvalue weighted by Gasteiger charge is 2.28. The molecule has 0 aromatic rings. The second-order valence-electron chi connectivity index (χ2n) is 3.30. The number of fused-ring (bicyclic) bond motifs is 1. The van der Waals surface area contributed by atoms with Crippen LogP contribution in [0.1, 0.15) is 19.3 Å². The summed E-state index contributed by atoms with van der Waals surface area (Å²) in [6.07, 6.45) is 4.44. The average molecular weight is 141 g/mol. The van der Waals surface area contributed by atoms with Crippen molar-refractivity contribution in [3.05, 3.63) is 0 Å². The lowest BCUT2D eigenvalue weighted by atomic mass is 10.00. The molecule has 2 atom stereocenters. The molecular weight excluding hydrogens is 126 g/mol. The van der Waals surface area contributed by atoms with Crippen LogP contribution in [-0.4, -0.2) is 25.8 Å². The zero-order valence-electron chi connectivity index (χ0n) is 6.31. The van der Waals surface area contributed by atoms with Crippen LogP contribution in [0.15, 0.2) is 0 Å². The zero-order valence-corrected chi connectivity index (χ0v) is 6.31. The van der Waals surface area contributed by atoms with E-state index in [1.807, 2.05) is 0 Å². The van der Waals surface area contributed by atoms with Crippen LogP contribution in [0.25, 0.3) is 0 Å². The molecule has 2 heteroatoms. The van der Waals surface area contributed by atoms with Crippen molar-refractivity contribution in [2.24, 2.45) is 5.92 Å². The quantitative estimate of drug-likeness (QED) is 0.538. The lowest BCUT2D eigenvalue weighted by Gasteiger charge is -2.12. The van der Waals surface area contributed by atoms with Gasteiger partial charge in [0.2, 0.25) is 0 Å². The second kappa shape index (κ2) is 2.89. The van der Waals surface area contributed by atoms with E-state index in [0.29, 0.717) is 6.10 Å². The van der Waals surface area contributed by atoms with Gasteiger partial charge in [0.1, 0.15) is 0 Å². The smallest absolute Gasteiger partial charge is 0.0616 e. The highest BCUT2D eigenvalue weighted by molar-refractivity contribution is 4.80. The topological polar surface area (TPSA) is 21.3 Å². The number of ether oxygens (including phenoxy) is 1. The van der Waals surface area contributed by atoms with Gasteiger partial charge in [0.05, 0.1) is 6.10 Å². The fourth-order valence-corrected chi connectivity index (χ4v) is 1.96. The van der Waals surface area contributed by atoms with E-state index in [0.717, 1.165) is 12.5 Å². The van der Waals surface area contributed by atoms with Crippen molar-refractivity contribution < 1.29 is 4.74 Å². The third kappa shape index (κ3) is 1.18. The van der Waals surface area contributed by atoms with Gasteiger partial charge in [-0.05, 0) is 31.7 Å². The highest BCUT2D eigenvalue weighted by atomic mass is 16.5. The first-order valence-electron chi connectivity index (χ1n) is 4.29. The molecule has 0 amide bonds. The fraction of sp³-hybridized carbons (Fsp3) is 1.00. The number of hydrogen-bond donors (Lipinski definition) is 1. The first-order valence-corrected chi connectivity index (χ1v) is 4.29. The summed E-state index contributed by atoms with van der Waals surface area (Å²) in [7, 11) is 0. The molecule has 0 aliphatic carbocycles. The Morgan fingerprint density at radius 3 is 3.30 bits per heavy atom. The molecule has 2 aliphatic rings. The van der Waals surface area contributed by atoms with Crippen LogP contribution < -0.4 is 5.32 Å². The Balaban J connectivity index is 1.95. The summed E-state index contributed by atoms with van der Waals surface area (Å²) in [5, 5.41) is 3.44. The molecule has 58 valence electrons. The summed E-state index contributed by atoms with van der Waals surface area (Å²) in [6.45, 7) is 3.37. The van der Waals surface area contributed by atoms with Crippen LogP contribution in [0, 0.1) is 5.92 Å². The van der Waals surface area contributed by atoms with E-state index in [4.69, 9.17) is 4.74 Å². The van der Waals surface area contributed by atoms with Gasteiger partial charge in [-0.1, -0.05) is 0 Å². The van der Waals surface area contributed by atoms with Gasteiger partial charge in [0, 0.05) is 13.2 Å². The molecule has 2 fully saturated rings. The van der Waals surface area contributed by atoms with Crippen LogP contribution >= 0.6 is 0 Å². The first-order chi connectivity index (χ1) is 4.97. The minimum absolute atomic E-state index is 0.593. The van der Waals surface area contributed by atoms with E-state index in [2.05, 4.69) is 5.32 Å². The van der Waals surface area contributed by atoms with Gasteiger partial charge in [0.25, 0.3) is 0 Å². The fourth-order valence-electron chi connectivity index (χ4n) is 1.96. The Morgan fingerprint density at radius 1 is 1.30 bits per heavy atom. The molecular formula is C8H15NO.